The fourth-order valence-electron chi connectivity index (χ4n) is 1.53. The molecule has 0 saturated carbocycles. The number of halogens is 1. The Kier molecular flexibility index (Phi) is 1.97. The number of hydrogen-bond acceptors (Lipinski definition) is 1. The Morgan fingerprint density at radius 1 is 1.33 bits per heavy atom. The summed E-state index contributed by atoms with van der Waals surface area (Å²) in [7, 11) is 0. The van der Waals surface area contributed by atoms with E-state index in [0.29, 0.717) is 6.04 Å². The van der Waals surface area contributed by atoms with Gasteiger partial charge in [-0.2, -0.15) is 0 Å². The summed E-state index contributed by atoms with van der Waals surface area (Å²) in [6.07, 6.45) is 1.31. The predicted octanol–water partition coefficient (Wildman–Crippen LogP) is 2.94. The van der Waals surface area contributed by atoms with Gasteiger partial charge in [0.2, 0.25) is 0 Å². The molecule has 1 heterocycles. The normalized spacial score (nSPS) is 22.2. The van der Waals surface area contributed by atoms with Crippen molar-refractivity contribution in [1.82, 2.24) is 0 Å². The van der Waals surface area contributed by atoms with Crippen molar-refractivity contribution >= 4 is 17.3 Å². The highest BCUT2D eigenvalue weighted by molar-refractivity contribution is 6.30. The van der Waals surface area contributed by atoms with Gasteiger partial charge < -0.3 is 4.90 Å². The number of anilines is 1. The first-order valence-electron chi connectivity index (χ1n) is 4.29. The van der Waals surface area contributed by atoms with E-state index in [4.69, 9.17) is 11.6 Å². The van der Waals surface area contributed by atoms with Gasteiger partial charge in [0.05, 0.1) is 0 Å². The van der Waals surface area contributed by atoms with Gasteiger partial charge in [-0.15, -0.1) is 0 Å². The summed E-state index contributed by atoms with van der Waals surface area (Å²) in [5.41, 5.74) is 1.29. The van der Waals surface area contributed by atoms with Crippen LogP contribution in [0.3, 0.4) is 0 Å². The van der Waals surface area contributed by atoms with Gasteiger partial charge in [0.1, 0.15) is 0 Å². The van der Waals surface area contributed by atoms with E-state index in [2.05, 4.69) is 24.0 Å². The van der Waals surface area contributed by atoms with Crippen molar-refractivity contribution in [3.8, 4) is 0 Å². The van der Waals surface area contributed by atoms with Crippen LogP contribution >= 0.6 is 11.6 Å². The van der Waals surface area contributed by atoms with Crippen LogP contribution in [0.5, 0.6) is 0 Å². The molecule has 1 nitrogen and oxygen atoms in total. The molecule has 1 unspecified atom stereocenters. The standard InChI is InChI=1S/C10H12ClN/c1-8-6-7-12(8)10-4-2-9(11)3-5-10/h2-5,8H,6-7H2,1H3. The van der Waals surface area contributed by atoms with Crippen molar-refractivity contribution in [2.45, 2.75) is 19.4 Å². The number of rotatable bonds is 1. The Bertz CT molecular complexity index is 268. The molecule has 64 valence electrons. The molecular weight excluding hydrogens is 170 g/mol. The minimum Gasteiger partial charge on any atom is -0.369 e. The highest BCUT2D eigenvalue weighted by Crippen LogP contribution is 2.26. The molecule has 0 aromatic heterocycles. The van der Waals surface area contributed by atoms with Gasteiger partial charge in [-0.3, -0.25) is 0 Å². The smallest absolute Gasteiger partial charge is 0.0407 e. The lowest BCUT2D eigenvalue weighted by Gasteiger charge is -2.40. The van der Waals surface area contributed by atoms with E-state index in [1.807, 2.05) is 12.1 Å². The van der Waals surface area contributed by atoms with Crippen LogP contribution in [0.2, 0.25) is 5.02 Å². The third-order valence-electron chi connectivity index (χ3n) is 2.48. The maximum absolute atomic E-state index is 5.80. The van der Waals surface area contributed by atoms with Crippen molar-refractivity contribution in [3.05, 3.63) is 29.3 Å². The fourth-order valence-corrected chi connectivity index (χ4v) is 1.66. The second-order valence-electron chi connectivity index (χ2n) is 3.31. The van der Waals surface area contributed by atoms with Gasteiger partial charge in [-0.05, 0) is 37.6 Å². The van der Waals surface area contributed by atoms with Crippen LogP contribution < -0.4 is 4.90 Å². The third kappa shape index (κ3) is 1.29. The van der Waals surface area contributed by atoms with E-state index in [-0.39, 0.29) is 0 Å². The summed E-state index contributed by atoms with van der Waals surface area (Å²) in [6, 6.07) is 8.76. The quantitative estimate of drug-likeness (QED) is 0.644. The lowest BCUT2D eigenvalue weighted by molar-refractivity contribution is 0.481. The zero-order chi connectivity index (χ0) is 8.55. The Hall–Kier alpha value is -0.690. The monoisotopic (exact) mass is 181 g/mol. The van der Waals surface area contributed by atoms with Gasteiger partial charge in [0, 0.05) is 23.3 Å². The van der Waals surface area contributed by atoms with Crippen molar-refractivity contribution in [2.75, 3.05) is 11.4 Å². The summed E-state index contributed by atoms with van der Waals surface area (Å²) >= 11 is 5.80. The largest absolute Gasteiger partial charge is 0.369 e. The summed E-state index contributed by atoms with van der Waals surface area (Å²) in [5, 5.41) is 0.812. The highest BCUT2D eigenvalue weighted by atomic mass is 35.5. The predicted molar refractivity (Wildman–Crippen MR) is 52.9 cm³/mol. The molecule has 0 amide bonds. The Labute approximate surface area is 77.9 Å². The molecule has 2 rings (SSSR count). The second-order valence-corrected chi connectivity index (χ2v) is 3.74. The molecule has 0 bridgehead atoms. The molecule has 1 aromatic carbocycles. The van der Waals surface area contributed by atoms with Gasteiger partial charge in [-0.1, -0.05) is 11.6 Å². The molecule has 1 atom stereocenters. The molecule has 0 radical (unpaired) electrons. The molecule has 1 aromatic rings. The average molecular weight is 182 g/mol. The molecular formula is C10H12ClN. The first-order chi connectivity index (χ1) is 5.77. The van der Waals surface area contributed by atoms with E-state index in [0.717, 1.165) is 5.02 Å². The van der Waals surface area contributed by atoms with Gasteiger partial charge in [0.15, 0.2) is 0 Å². The lowest BCUT2D eigenvalue weighted by Crippen LogP contribution is -2.45. The van der Waals surface area contributed by atoms with E-state index < -0.39 is 0 Å². The molecule has 1 aliphatic rings. The maximum Gasteiger partial charge on any atom is 0.0407 e. The van der Waals surface area contributed by atoms with Gasteiger partial charge >= 0.3 is 0 Å². The maximum atomic E-state index is 5.80. The second kappa shape index (κ2) is 2.98. The molecule has 1 fully saturated rings. The van der Waals surface area contributed by atoms with Crippen LogP contribution in [-0.4, -0.2) is 12.6 Å². The molecule has 1 aliphatic heterocycles. The number of nitrogens with zero attached hydrogens (tertiary/aromatic N) is 1. The van der Waals surface area contributed by atoms with Gasteiger partial charge in [0.25, 0.3) is 0 Å². The van der Waals surface area contributed by atoms with Crippen molar-refractivity contribution < 1.29 is 0 Å². The van der Waals surface area contributed by atoms with E-state index >= 15 is 0 Å². The van der Waals surface area contributed by atoms with Crippen molar-refractivity contribution in [3.63, 3.8) is 0 Å². The van der Waals surface area contributed by atoms with Crippen LogP contribution in [0.15, 0.2) is 24.3 Å². The highest BCUT2D eigenvalue weighted by Gasteiger charge is 2.22. The minimum atomic E-state index is 0.700. The summed E-state index contributed by atoms with van der Waals surface area (Å²) in [5.74, 6) is 0. The van der Waals surface area contributed by atoms with Crippen LogP contribution in [0, 0.1) is 0 Å². The first-order valence-corrected chi connectivity index (χ1v) is 4.67. The van der Waals surface area contributed by atoms with Gasteiger partial charge in [-0.25, -0.2) is 0 Å². The molecule has 12 heavy (non-hydrogen) atoms. The number of hydrogen-bond donors (Lipinski definition) is 0. The molecule has 1 saturated heterocycles. The summed E-state index contributed by atoms with van der Waals surface area (Å²) in [4.78, 5) is 2.39. The van der Waals surface area contributed by atoms with E-state index in [1.54, 1.807) is 0 Å². The third-order valence-corrected chi connectivity index (χ3v) is 2.73. The Balaban J connectivity index is 2.18. The summed E-state index contributed by atoms with van der Waals surface area (Å²) in [6.45, 7) is 3.43. The van der Waals surface area contributed by atoms with Crippen LogP contribution in [0.4, 0.5) is 5.69 Å². The minimum absolute atomic E-state index is 0.700. The SMILES string of the molecule is CC1CCN1c1ccc(Cl)cc1. The van der Waals surface area contributed by atoms with Crippen LogP contribution in [0.1, 0.15) is 13.3 Å². The number of benzene rings is 1. The van der Waals surface area contributed by atoms with E-state index in [1.165, 1.54) is 18.7 Å². The van der Waals surface area contributed by atoms with Crippen molar-refractivity contribution in [2.24, 2.45) is 0 Å². The average Bonchev–Trinajstić information content (AvgIpc) is 2.06. The molecule has 0 spiro atoms. The molecule has 0 N–H and O–H groups in total. The molecule has 2 heteroatoms. The lowest BCUT2D eigenvalue weighted by atomic mass is 10.0. The zero-order valence-electron chi connectivity index (χ0n) is 7.13. The Morgan fingerprint density at radius 2 is 2.00 bits per heavy atom. The van der Waals surface area contributed by atoms with Crippen LogP contribution in [-0.2, 0) is 0 Å². The topological polar surface area (TPSA) is 3.24 Å². The summed E-state index contributed by atoms with van der Waals surface area (Å²) < 4.78 is 0. The van der Waals surface area contributed by atoms with Crippen LogP contribution in [0.25, 0.3) is 0 Å². The Morgan fingerprint density at radius 3 is 2.42 bits per heavy atom. The fraction of sp³-hybridized carbons (Fsp3) is 0.400. The van der Waals surface area contributed by atoms with E-state index in [9.17, 15) is 0 Å². The zero-order valence-corrected chi connectivity index (χ0v) is 7.88. The molecule has 0 aliphatic carbocycles. The van der Waals surface area contributed by atoms with Crippen molar-refractivity contribution in [1.29, 1.82) is 0 Å². The first kappa shape index (κ1) is 7.93.